The molecule has 0 unspecified atom stereocenters. The van der Waals surface area contributed by atoms with Gasteiger partial charge < -0.3 is 9.80 Å². The molecule has 1 amide bonds. The lowest BCUT2D eigenvalue weighted by atomic mass is 10.1. The number of piperazine rings is 1. The van der Waals surface area contributed by atoms with Gasteiger partial charge >= 0.3 is 0 Å². The van der Waals surface area contributed by atoms with Gasteiger partial charge in [0, 0.05) is 37.1 Å². The van der Waals surface area contributed by atoms with E-state index in [1.54, 1.807) is 6.20 Å². The van der Waals surface area contributed by atoms with Crippen molar-refractivity contribution in [2.24, 2.45) is 0 Å². The van der Waals surface area contributed by atoms with Gasteiger partial charge in [-0.3, -0.25) is 9.78 Å². The van der Waals surface area contributed by atoms with Gasteiger partial charge in [0.1, 0.15) is 5.69 Å². The molecule has 0 bridgehead atoms. The van der Waals surface area contributed by atoms with E-state index in [-0.39, 0.29) is 5.91 Å². The Labute approximate surface area is 218 Å². The normalized spacial score (nSPS) is 14.0. The van der Waals surface area contributed by atoms with Crippen LogP contribution in [0.5, 0.6) is 0 Å². The highest BCUT2D eigenvalue weighted by Crippen LogP contribution is 2.29. The second-order valence-corrected chi connectivity index (χ2v) is 9.50. The predicted octanol–water partition coefficient (Wildman–Crippen LogP) is 4.16. The van der Waals surface area contributed by atoms with Gasteiger partial charge in [-0.2, -0.15) is 0 Å². The van der Waals surface area contributed by atoms with Gasteiger partial charge in [-0.05, 0) is 31.2 Å². The van der Waals surface area contributed by atoms with Crippen LogP contribution < -0.4 is 4.90 Å². The first-order valence-corrected chi connectivity index (χ1v) is 12.6. The summed E-state index contributed by atoms with van der Waals surface area (Å²) >= 11 is 0. The van der Waals surface area contributed by atoms with E-state index in [9.17, 15) is 4.79 Å². The van der Waals surface area contributed by atoms with Crippen LogP contribution in [0.2, 0.25) is 0 Å². The minimum Gasteiger partial charge on any atom is -0.338 e. The van der Waals surface area contributed by atoms with E-state index in [1.165, 1.54) is 5.56 Å². The molecule has 186 valence electrons. The van der Waals surface area contributed by atoms with Crippen LogP contribution in [0.25, 0.3) is 39.0 Å². The number of rotatable bonds is 3. The second-order valence-electron chi connectivity index (χ2n) is 9.50. The molecule has 3 aromatic heterocycles. The van der Waals surface area contributed by atoms with Crippen molar-refractivity contribution in [2.45, 2.75) is 6.92 Å². The first-order valence-electron chi connectivity index (χ1n) is 12.6. The number of fused-ring (bicyclic) bond motifs is 4. The lowest BCUT2D eigenvalue weighted by Gasteiger charge is -2.35. The van der Waals surface area contributed by atoms with E-state index in [1.807, 2.05) is 57.8 Å². The Hall–Kier alpha value is -4.92. The smallest absolute Gasteiger partial charge is 0.274 e. The molecule has 38 heavy (non-hydrogen) atoms. The average molecular weight is 501 g/mol. The van der Waals surface area contributed by atoms with Crippen molar-refractivity contribution < 1.29 is 4.79 Å². The zero-order valence-electron chi connectivity index (χ0n) is 20.8. The third-order valence-corrected chi connectivity index (χ3v) is 7.06. The standard InChI is InChI=1S/C29H24N8O/c1-19-10-12-20(13-11-19)26-33-34-27-21-6-2-3-7-22(21)32-29(37(26)27)36-16-14-35(15-17-36)28(38)25-18-30-23-8-4-5-9-24(23)31-25/h2-13,18H,14-17H2,1H3. The van der Waals surface area contributed by atoms with Crippen molar-refractivity contribution in [1.82, 2.24) is 34.4 Å². The molecule has 9 heteroatoms. The zero-order chi connectivity index (χ0) is 25.6. The maximum absolute atomic E-state index is 13.3. The van der Waals surface area contributed by atoms with Crippen LogP contribution in [-0.4, -0.2) is 66.5 Å². The fourth-order valence-corrected chi connectivity index (χ4v) is 5.00. The van der Waals surface area contributed by atoms with Crippen LogP contribution in [0.3, 0.4) is 0 Å². The molecular weight excluding hydrogens is 476 g/mol. The summed E-state index contributed by atoms with van der Waals surface area (Å²) in [6.45, 7) is 4.41. The van der Waals surface area contributed by atoms with Gasteiger partial charge in [0.25, 0.3) is 5.91 Å². The molecule has 0 aliphatic carbocycles. The fourth-order valence-electron chi connectivity index (χ4n) is 5.00. The lowest BCUT2D eigenvalue weighted by Crippen LogP contribution is -2.49. The van der Waals surface area contributed by atoms with Crippen LogP contribution in [0.1, 0.15) is 16.1 Å². The van der Waals surface area contributed by atoms with Crippen LogP contribution in [-0.2, 0) is 0 Å². The molecule has 0 spiro atoms. The van der Waals surface area contributed by atoms with E-state index in [2.05, 4.69) is 56.3 Å². The molecule has 9 nitrogen and oxygen atoms in total. The molecule has 0 atom stereocenters. The number of para-hydroxylation sites is 3. The lowest BCUT2D eigenvalue weighted by molar-refractivity contribution is 0.0740. The SMILES string of the molecule is Cc1ccc(-c2nnc3c4ccccc4nc(N4CCN(C(=O)c5cnc6ccccc6n5)CC4)n23)cc1. The molecule has 0 N–H and O–H groups in total. The molecule has 4 heterocycles. The summed E-state index contributed by atoms with van der Waals surface area (Å²) in [5.41, 5.74) is 5.65. The van der Waals surface area contributed by atoms with Crippen molar-refractivity contribution in [2.75, 3.05) is 31.1 Å². The van der Waals surface area contributed by atoms with Crippen LogP contribution >= 0.6 is 0 Å². The quantitative estimate of drug-likeness (QED) is 0.360. The third kappa shape index (κ3) is 3.71. The maximum Gasteiger partial charge on any atom is 0.274 e. The minimum atomic E-state index is -0.107. The van der Waals surface area contributed by atoms with E-state index >= 15 is 0 Å². The number of hydrogen-bond acceptors (Lipinski definition) is 7. The molecule has 1 fully saturated rings. The van der Waals surface area contributed by atoms with Gasteiger partial charge in [-0.25, -0.2) is 14.4 Å². The van der Waals surface area contributed by atoms with E-state index in [0.717, 1.165) is 44.9 Å². The Morgan fingerprint density at radius 3 is 2.26 bits per heavy atom. The summed E-state index contributed by atoms with van der Waals surface area (Å²) in [4.78, 5) is 31.3. The van der Waals surface area contributed by atoms with Crippen LogP contribution in [0, 0.1) is 6.92 Å². The summed E-state index contributed by atoms with van der Waals surface area (Å²) < 4.78 is 2.04. The molecule has 0 saturated carbocycles. The number of nitrogens with zero attached hydrogens (tertiary/aromatic N) is 8. The highest BCUT2D eigenvalue weighted by atomic mass is 16.2. The largest absolute Gasteiger partial charge is 0.338 e. The summed E-state index contributed by atoms with van der Waals surface area (Å²) in [5, 5.41) is 10.1. The van der Waals surface area contributed by atoms with E-state index in [0.29, 0.717) is 31.9 Å². The van der Waals surface area contributed by atoms with Gasteiger partial charge in [0.2, 0.25) is 5.95 Å². The molecule has 3 aromatic carbocycles. The molecule has 1 aliphatic heterocycles. The summed E-state index contributed by atoms with van der Waals surface area (Å²) in [5.74, 6) is 1.42. The van der Waals surface area contributed by atoms with Crippen molar-refractivity contribution in [3.8, 4) is 11.4 Å². The number of hydrogen-bond donors (Lipinski definition) is 0. The van der Waals surface area contributed by atoms with Crippen molar-refractivity contribution in [1.29, 1.82) is 0 Å². The van der Waals surface area contributed by atoms with Gasteiger partial charge in [0.05, 0.1) is 22.7 Å². The van der Waals surface area contributed by atoms with Gasteiger partial charge in [0.15, 0.2) is 11.5 Å². The molecule has 0 radical (unpaired) electrons. The van der Waals surface area contributed by atoms with Crippen molar-refractivity contribution in [3.63, 3.8) is 0 Å². The summed E-state index contributed by atoms with van der Waals surface area (Å²) in [6.07, 6.45) is 1.57. The number of benzene rings is 3. The molecule has 6 aromatic rings. The Kier molecular flexibility index (Phi) is 5.21. The maximum atomic E-state index is 13.3. The number of aromatic nitrogens is 6. The first-order chi connectivity index (χ1) is 18.7. The van der Waals surface area contributed by atoms with Gasteiger partial charge in [-0.1, -0.05) is 54.1 Å². The highest BCUT2D eigenvalue weighted by molar-refractivity contribution is 5.95. The van der Waals surface area contributed by atoms with Crippen LogP contribution in [0.15, 0.2) is 79.0 Å². The fraction of sp³-hybridized carbons (Fsp3) is 0.172. The Bertz CT molecular complexity index is 1820. The van der Waals surface area contributed by atoms with Crippen molar-refractivity contribution in [3.05, 3.63) is 90.3 Å². The first kappa shape index (κ1) is 22.3. The Balaban J connectivity index is 1.23. The van der Waals surface area contributed by atoms with Gasteiger partial charge in [-0.15, -0.1) is 10.2 Å². The van der Waals surface area contributed by atoms with E-state index in [4.69, 9.17) is 4.98 Å². The third-order valence-electron chi connectivity index (χ3n) is 7.06. The Morgan fingerprint density at radius 1 is 0.763 bits per heavy atom. The predicted molar refractivity (Wildman–Crippen MR) is 146 cm³/mol. The highest BCUT2D eigenvalue weighted by Gasteiger charge is 2.27. The average Bonchev–Trinajstić information content (AvgIpc) is 3.42. The number of amides is 1. The number of aryl methyl sites for hydroxylation is 1. The molecular formula is C29H24N8O. The summed E-state index contributed by atoms with van der Waals surface area (Å²) in [7, 11) is 0. The monoisotopic (exact) mass is 500 g/mol. The van der Waals surface area contributed by atoms with Crippen molar-refractivity contribution >= 4 is 39.4 Å². The Morgan fingerprint density at radius 2 is 1.47 bits per heavy atom. The molecule has 1 aliphatic rings. The zero-order valence-corrected chi connectivity index (χ0v) is 20.8. The second kappa shape index (κ2) is 8.88. The molecule has 1 saturated heterocycles. The number of anilines is 1. The summed E-state index contributed by atoms with van der Waals surface area (Å²) in [6, 6.07) is 23.8. The van der Waals surface area contributed by atoms with E-state index < -0.39 is 0 Å². The minimum absolute atomic E-state index is 0.107. The van der Waals surface area contributed by atoms with Crippen LogP contribution in [0.4, 0.5) is 5.95 Å². The number of carbonyl (C=O) groups excluding carboxylic acids is 1. The topological polar surface area (TPSA) is 92.4 Å². The molecule has 7 rings (SSSR count). The number of carbonyl (C=O) groups is 1.